The number of aromatic hydroxyl groups is 1. The number of phenolic OH excluding ortho intramolecular Hbond substituents is 1. The van der Waals surface area contributed by atoms with Gasteiger partial charge in [0.1, 0.15) is 5.75 Å². The van der Waals surface area contributed by atoms with E-state index < -0.39 is 0 Å². The van der Waals surface area contributed by atoms with Crippen molar-refractivity contribution in [1.82, 2.24) is 0 Å². The Morgan fingerprint density at radius 2 is 1.63 bits per heavy atom. The number of para-hydroxylation sites is 1. The molecule has 0 saturated carbocycles. The first-order chi connectivity index (χ1) is 8.66. The lowest BCUT2D eigenvalue weighted by Gasteiger charge is -2.23. The summed E-state index contributed by atoms with van der Waals surface area (Å²) in [5.41, 5.74) is 6.01. The first-order valence-corrected chi connectivity index (χ1v) is 6.70. The number of amides is 1. The average molecular weight is 267 g/mol. The van der Waals surface area contributed by atoms with E-state index in [1.54, 1.807) is 6.07 Å². The lowest BCUT2D eigenvalue weighted by molar-refractivity contribution is -0.124. The van der Waals surface area contributed by atoms with Gasteiger partial charge >= 0.3 is 0 Å². The van der Waals surface area contributed by atoms with Gasteiger partial charge in [0.05, 0.1) is 0 Å². The molecule has 3 N–H and O–H groups in total. The van der Waals surface area contributed by atoms with E-state index in [1.165, 1.54) is 0 Å². The minimum absolute atomic E-state index is 0.00579. The zero-order valence-corrected chi connectivity index (χ0v) is 13.3. The molecular formula is C16H29NO2. The van der Waals surface area contributed by atoms with Gasteiger partial charge in [-0.1, -0.05) is 59.7 Å². The van der Waals surface area contributed by atoms with Gasteiger partial charge < -0.3 is 10.8 Å². The number of phenols is 1. The fourth-order valence-electron chi connectivity index (χ4n) is 0.990. The first-order valence-electron chi connectivity index (χ1n) is 6.70. The number of aryl methyl sites for hydroxylation is 1. The fourth-order valence-corrected chi connectivity index (χ4v) is 0.990. The van der Waals surface area contributed by atoms with Crippen LogP contribution >= 0.6 is 0 Å². The maximum Gasteiger partial charge on any atom is 0.220 e. The van der Waals surface area contributed by atoms with E-state index >= 15 is 0 Å². The highest BCUT2D eigenvalue weighted by atomic mass is 16.3. The Morgan fingerprint density at radius 3 is 1.79 bits per heavy atom. The monoisotopic (exact) mass is 267 g/mol. The first kappa shape index (κ1) is 19.8. The summed E-state index contributed by atoms with van der Waals surface area (Å²) in [6.07, 6.45) is 0. The van der Waals surface area contributed by atoms with Crippen LogP contribution in [0, 0.1) is 18.3 Å². The Bertz CT molecular complexity index is 346. The number of rotatable bonds is 1. The second-order valence-corrected chi connectivity index (χ2v) is 5.28. The molecule has 0 saturated heterocycles. The van der Waals surface area contributed by atoms with Gasteiger partial charge in [-0.15, -0.1) is 0 Å². The normalized spacial score (nSPS) is 11.3. The molecule has 1 aromatic rings. The van der Waals surface area contributed by atoms with Crippen molar-refractivity contribution in [3.8, 4) is 5.75 Å². The summed E-state index contributed by atoms with van der Waals surface area (Å²) in [5.74, 6) is 0.104. The van der Waals surface area contributed by atoms with E-state index in [1.807, 2.05) is 66.7 Å². The van der Waals surface area contributed by atoms with Crippen molar-refractivity contribution in [3.63, 3.8) is 0 Å². The number of primary amides is 1. The molecular weight excluding hydrogens is 238 g/mol. The molecule has 3 nitrogen and oxygen atoms in total. The molecule has 1 amide bonds. The molecule has 0 aromatic heterocycles. The van der Waals surface area contributed by atoms with Gasteiger partial charge in [0, 0.05) is 5.92 Å². The van der Waals surface area contributed by atoms with Crippen LogP contribution < -0.4 is 5.73 Å². The predicted molar refractivity (Wildman–Crippen MR) is 82.0 cm³/mol. The Labute approximate surface area is 117 Å². The summed E-state index contributed by atoms with van der Waals surface area (Å²) in [5, 5.41) is 8.92. The Kier molecular flexibility index (Phi) is 9.83. The molecule has 3 heteroatoms. The summed E-state index contributed by atoms with van der Waals surface area (Å²) in [6.45, 7) is 13.7. The van der Waals surface area contributed by atoms with Gasteiger partial charge in [0.25, 0.3) is 0 Å². The summed E-state index contributed by atoms with van der Waals surface area (Å²) in [6, 6.07) is 7.25. The molecule has 0 bridgehead atoms. The number of carbonyl (C=O) groups is 1. The molecule has 0 heterocycles. The Hall–Kier alpha value is -1.51. The Balaban J connectivity index is 0. The molecule has 0 aliphatic carbocycles. The molecule has 1 unspecified atom stereocenters. The van der Waals surface area contributed by atoms with Crippen LogP contribution in [0.2, 0.25) is 0 Å². The zero-order chi connectivity index (χ0) is 15.6. The summed E-state index contributed by atoms with van der Waals surface area (Å²) in [4.78, 5) is 10.6. The third-order valence-corrected chi connectivity index (χ3v) is 2.84. The highest BCUT2D eigenvalue weighted by Gasteiger charge is 2.24. The summed E-state index contributed by atoms with van der Waals surface area (Å²) in [7, 11) is 0. The topological polar surface area (TPSA) is 63.3 Å². The van der Waals surface area contributed by atoms with E-state index in [0.717, 1.165) is 5.56 Å². The van der Waals surface area contributed by atoms with Crippen LogP contribution in [0.1, 0.15) is 47.1 Å². The number of nitrogens with two attached hydrogens (primary N) is 1. The van der Waals surface area contributed by atoms with Gasteiger partial charge in [-0.05, 0) is 24.0 Å². The maximum atomic E-state index is 10.6. The molecule has 0 radical (unpaired) electrons. The standard InChI is InChI=1S/C7H15NO.C7H8O.C2H6/c1-5(6(8)9)7(2,3)4;1-6-4-2-3-5-7(6)8;1-2/h5H,1-4H3,(H2,8,9);2-5,8H,1H3;1-2H3. The van der Waals surface area contributed by atoms with Crippen molar-refractivity contribution in [1.29, 1.82) is 0 Å². The molecule has 19 heavy (non-hydrogen) atoms. The van der Waals surface area contributed by atoms with Crippen molar-refractivity contribution in [2.45, 2.75) is 48.5 Å². The van der Waals surface area contributed by atoms with E-state index in [2.05, 4.69) is 0 Å². The average Bonchev–Trinajstić information content (AvgIpc) is 2.34. The minimum atomic E-state index is -0.220. The van der Waals surface area contributed by atoms with Crippen LogP contribution in [-0.2, 0) is 4.79 Å². The molecule has 0 fully saturated rings. The van der Waals surface area contributed by atoms with E-state index in [-0.39, 0.29) is 17.2 Å². The van der Waals surface area contributed by atoms with E-state index in [9.17, 15) is 4.79 Å². The Morgan fingerprint density at radius 1 is 1.21 bits per heavy atom. The van der Waals surface area contributed by atoms with E-state index in [0.29, 0.717) is 5.75 Å². The highest BCUT2D eigenvalue weighted by Crippen LogP contribution is 2.24. The van der Waals surface area contributed by atoms with Gasteiger partial charge in [-0.3, -0.25) is 4.79 Å². The van der Waals surface area contributed by atoms with Crippen molar-refractivity contribution >= 4 is 5.91 Å². The van der Waals surface area contributed by atoms with Crippen molar-refractivity contribution in [2.75, 3.05) is 0 Å². The van der Waals surface area contributed by atoms with Gasteiger partial charge in [-0.25, -0.2) is 0 Å². The zero-order valence-electron chi connectivity index (χ0n) is 13.3. The van der Waals surface area contributed by atoms with Crippen LogP contribution in [0.3, 0.4) is 0 Å². The number of carbonyl (C=O) groups excluding carboxylic acids is 1. The van der Waals surface area contributed by atoms with Crippen LogP contribution in [0.5, 0.6) is 5.75 Å². The molecule has 1 aromatic carbocycles. The second-order valence-electron chi connectivity index (χ2n) is 5.28. The van der Waals surface area contributed by atoms with Crippen molar-refractivity contribution in [3.05, 3.63) is 29.8 Å². The quantitative estimate of drug-likeness (QED) is 0.811. The van der Waals surface area contributed by atoms with Crippen LogP contribution in [0.15, 0.2) is 24.3 Å². The predicted octanol–water partition coefficient (Wildman–Crippen LogP) is 3.88. The van der Waals surface area contributed by atoms with Crippen molar-refractivity contribution < 1.29 is 9.90 Å². The third-order valence-electron chi connectivity index (χ3n) is 2.84. The van der Waals surface area contributed by atoms with Crippen LogP contribution in [-0.4, -0.2) is 11.0 Å². The van der Waals surface area contributed by atoms with Gasteiger partial charge in [0.15, 0.2) is 0 Å². The smallest absolute Gasteiger partial charge is 0.220 e. The largest absolute Gasteiger partial charge is 0.508 e. The lowest BCUT2D eigenvalue weighted by Crippen LogP contribution is -2.31. The van der Waals surface area contributed by atoms with Crippen molar-refractivity contribution in [2.24, 2.45) is 17.1 Å². The minimum Gasteiger partial charge on any atom is -0.508 e. The molecule has 0 aliphatic rings. The maximum absolute atomic E-state index is 10.6. The molecule has 0 aliphatic heterocycles. The van der Waals surface area contributed by atoms with Crippen LogP contribution in [0.25, 0.3) is 0 Å². The SMILES string of the molecule is CC.CC(C(N)=O)C(C)(C)C.Cc1ccccc1O. The molecule has 0 spiro atoms. The highest BCUT2D eigenvalue weighted by molar-refractivity contribution is 5.76. The number of benzene rings is 1. The number of hydrogen-bond acceptors (Lipinski definition) is 2. The molecule has 1 atom stereocenters. The van der Waals surface area contributed by atoms with E-state index in [4.69, 9.17) is 10.8 Å². The van der Waals surface area contributed by atoms with Crippen LogP contribution in [0.4, 0.5) is 0 Å². The lowest BCUT2D eigenvalue weighted by atomic mass is 9.82. The molecule has 110 valence electrons. The second kappa shape index (κ2) is 9.42. The summed E-state index contributed by atoms with van der Waals surface area (Å²) < 4.78 is 0. The fraction of sp³-hybridized carbons (Fsp3) is 0.562. The number of hydrogen-bond donors (Lipinski definition) is 2. The third kappa shape index (κ3) is 9.11. The molecule has 1 rings (SSSR count). The summed E-state index contributed by atoms with van der Waals surface area (Å²) >= 11 is 0. The van der Waals surface area contributed by atoms with Gasteiger partial charge in [0.2, 0.25) is 5.91 Å². The van der Waals surface area contributed by atoms with Gasteiger partial charge in [-0.2, -0.15) is 0 Å².